The summed E-state index contributed by atoms with van der Waals surface area (Å²) in [6, 6.07) is 45.7. The lowest BCUT2D eigenvalue weighted by molar-refractivity contribution is -0.118. The molecule has 0 fully saturated rings. The van der Waals surface area contributed by atoms with E-state index in [4.69, 9.17) is 0 Å². The molecule has 5 aromatic rings. The molecule has 5 aromatic carbocycles. The average molecular weight is 514 g/mol. The SMILES string of the molecule is CN1C(=O)[C@@H](P(=O)(c2ccccc2)c2ccccc2)[C@H](c2ccc(-c3ccccc3)cc2)c2ccccc21. The number of benzene rings is 5. The molecule has 1 aliphatic rings. The number of fused-ring (bicyclic) bond motifs is 1. The van der Waals surface area contributed by atoms with Crippen molar-refractivity contribution in [2.24, 2.45) is 0 Å². The van der Waals surface area contributed by atoms with Crippen LogP contribution in [-0.4, -0.2) is 18.6 Å². The molecular formula is C34H28NO2P. The number of carbonyl (C=O) groups is 1. The van der Waals surface area contributed by atoms with Crippen LogP contribution in [0.4, 0.5) is 5.69 Å². The first-order valence-corrected chi connectivity index (χ1v) is 14.6. The minimum absolute atomic E-state index is 0.128. The zero-order valence-electron chi connectivity index (χ0n) is 21.1. The van der Waals surface area contributed by atoms with Gasteiger partial charge in [0.2, 0.25) is 5.91 Å². The number of amides is 1. The maximum absolute atomic E-state index is 15.6. The van der Waals surface area contributed by atoms with E-state index in [1.165, 1.54) is 0 Å². The first kappa shape index (κ1) is 24.2. The largest absolute Gasteiger partial charge is 0.315 e. The van der Waals surface area contributed by atoms with E-state index in [-0.39, 0.29) is 11.8 Å². The van der Waals surface area contributed by atoms with Crippen molar-refractivity contribution in [3.63, 3.8) is 0 Å². The zero-order chi connectivity index (χ0) is 26.1. The van der Waals surface area contributed by atoms with Gasteiger partial charge in [-0.2, -0.15) is 0 Å². The summed E-state index contributed by atoms with van der Waals surface area (Å²) in [5.74, 6) is -0.497. The van der Waals surface area contributed by atoms with Crippen LogP contribution in [-0.2, 0) is 9.36 Å². The van der Waals surface area contributed by atoms with E-state index in [0.717, 1.165) is 27.9 Å². The van der Waals surface area contributed by atoms with Gasteiger partial charge in [0.25, 0.3) is 0 Å². The lowest BCUT2D eigenvalue weighted by atomic mass is 9.83. The molecule has 0 N–H and O–H groups in total. The number of rotatable bonds is 5. The Morgan fingerprint density at radius 2 is 1.05 bits per heavy atom. The average Bonchev–Trinajstić information content (AvgIpc) is 3.00. The Morgan fingerprint density at radius 3 is 1.63 bits per heavy atom. The number of anilines is 1. The number of para-hydroxylation sites is 1. The normalized spacial score (nSPS) is 17.2. The van der Waals surface area contributed by atoms with Crippen LogP contribution in [0.15, 0.2) is 140 Å². The van der Waals surface area contributed by atoms with Gasteiger partial charge in [-0.3, -0.25) is 4.79 Å². The Bertz CT molecular complexity index is 1570. The quantitative estimate of drug-likeness (QED) is 0.241. The summed E-state index contributed by atoms with van der Waals surface area (Å²) in [5.41, 5.74) is 4.31. The highest BCUT2D eigenvalue weighted by molar-refractivity contribution is 7.80. The topological polar surface area (TPSA) is 37.4 Å². The van der Waals surface area contributed by atoms with Gasteiger partial charge in [0.05, 0.1) is 0 Å². The van der Waals surface area contributed by atoms with Gasteiger partial charge in [-0.15, -0.1) is 0 Å². The Morgan fingerprint density at radius 1 is 0.579 bits per heavy atom. The van der Waals surface area contributed by atoms with E-state index in [1.807, 2.05) is 97.1 Å². The van der Waals surface area contributed by atoms with Crippen LogP contribution in [0.3, 0.4) is 0 Å². The van der Waals surface area contributed by atoms with Crippen LogP contribution >= 0.6 is 7.14 Å². The van der Waals surface area contributed by atoms with Gasteiger partial charge in [0.1, 0.15) is 5.66 Å². The van der Waals surface area contributed by atoms with E-state index in [1.54, 1.807) is 11.9 Å². The van der Waals surface area contributed by atoms with Crippen molar-refractivity contribution >= 4 is 29.3 Å². The first-order valence-electron chi connectivity index (χ1n) is 12.8. The minimum Gasteiger partial charge on any atom is -0.315 e. The second-order valence-electron chi connectivity index (χ2n) is 9.70. The molecule has 0 spiro atoms. The molecule has 0 aliphatic carbocycles. The van der Waals surface area contributed by atoms with Crippen LogP contribution in [0.25, 0.3) is 11.1 Å². The van der Waals surface area contributed by atoms with Gasteiger partial charge < -0.3 is 9.46 Å². The summed E-state index contributed by atoms with van der Waals surface area (Å²) in [6.45, 7) is 0. The molecule has 1 heterocycles. The fourth-order valence-electron chi connectivity index (χ4n) is 5.70. The zero-order valence-corrected chi connectivity index (χ0v) is 22.0. The number of hydrogen-bond acceptors (Lipinski definition) is 2. The maximum Gasteiger partial charge on any atom is 0.238 e. The van der Waals surface area contributed by atoms with E-state index in [0.29, 0.717) is 10.6 Å². The molecule has 0 saturated heterocycles. The second-order valence-corrected chi connectivity index (χ2v) is 12.6. The predicted octanol–water partition coefficient (Wildman–Crippen LogP) is 6.84. The lowest BCUT2D eigenvalue weighted by Gasteiger charge is -2.42. The third-order valence-electron chi connectivity index (χ3n) is 7.58. The molecule has 4 heteroatoms. The van der Waals surface area contributed by atoms with Crippen molar-refractivity contribution in [3.05, 3.63) is 151 Å². The van der Waals surface area contributed by atoms with Crippen molar-refractivity contribution in [1.29, 1.82) is 0 Å². The van der Waals surface area contributed by atoms with Crippen LogP contribution < -0.4 is 15.5 Å². The molecule has 0 unspecified atom stereocenters. The van der Waals surface area contributed by atoms with Crippen molar-refractivity contribution in [1.82, 2.24) is 0 Å². The smallest absolute Gasteiger partial charge is 0.238 e. The minimum atomic E-state index is -3.43. The fraction of sp³-hybridized carbons (Fsp3) is 0.0882. The van der Waals surface area contributed by atoms with Crippen LogP contribution in [0.2, 0.25) is 0 Å². The van der Waals surface area contributed by atoms with E-state index in [2.05, 4.69) is 42.5 Å². The van der Waals surface area contributed by atoms with Crippen molar-refractivity contribution in [2.45, 2.75) is 11.6 Å². The lowest BCUT2D eigenvalue weighted by Crippen LogP contribution is -2.48. The molecular weight excluding hydrogens is 485 g/mol. The number of hydrogen-bond donors (Lipinski definition) is 0. The third-order valence-corrected chi connectivity index (χ3v) is 11.0. The number of nitrogens with zero attached hydrogens (tertiary/aromatic N) is 1. The molecule has 1 amide bonds. The van der Waals surface area contributed by atoms with Gasteiger partial charge in [0, 0.05) is 29.3 Å². The van der Waals surface area contributed by atoms with Gasteiger partial charge in [-0.25, -0.2) is 0 Å². The summed E-state index contributed by atoms with van der Waals surface area (Å²) in [4.78, 5) is 16.0. The monoisotopic (exact) mass is 513 g/mol. The molecule has 2 atom stereocenters. The van der Waals surface area contributed by atoms with Gasteiger partial charge in [0.15, 0.2) is 7.14 Å². The summed E-state index contributed by atoms with van der Waals surface area (Å²) in [6.07, 6.45) is 0. The molecule has 186 valence electrons. The summed E-state index contributed by atoms with van der Waals surface area (Å²) in [7, 11) is -1.64. The van der Waals surface area contributed by atoms with Crippen molar-refractivity contribution < 1.29 is 9.36 Å². The molecule has 0 radical (unpaired) electrons. The van der Waals surface area contributed by atoms with Crippen LogP contribution in [0, 0.1) is 0 Å². The van der Waals surface area contributed by atoms with E-state index in [9.17, 15) is 4.79 Å². The molecule has 0 bridgehead atoms. The number of carbonyl (C=O) groups excluding carboxylic acids is 1. The van der Waals surface area contributed by atoms with Crippen LogP contribution in [0.1, 0.15) is 17.0 Å². The molecule has 0 aromatic heterocycles. The maximum atomic E-state index is 15.6. The molecule has 3 nitrogen and oxygen atoms in total. The van der Waals surface area contributed by atoms with Gasteiger partial charge in [-0.05, 0) is 28.3 Å². The Hall–Kier alpha value is -4.20. The van der Waals surface area contributed by atoms with E-state index < -0.39 is 12.8 Å². The molecule has 38 heavy (non-hydrogen) atoms. The summed E-state index contributed by atoms with van der Waals surface area (Å²) in [5, 5.41) is 1.39. The summed E-state index contributed by atoms with van der Waals surface area (Å²) >= 11 is 0. The Kier molecular flexibility index (Phi) is 6.31. The highest BCUT2D eigenvalue weighted by atomic mass is 31.2. The van der Waals surface area contributed by atoms with Gasteiger partial charge in [-0.1, -0.05) is 133 Å². The third kappa shape index (κ3) is 4.00. The van der Waals surface area contributed by atoms with Crippen LogP contribution in [0.5, 0.6) is 0 Å². The van der Waals surface area contributed by atoms with Crippen molar-refractivity contribution in [2.75, 3.05) is 11.9 Å². The Labute approximate surface area is 223 Å². The molecule has 1 aliphatic heterocycles. The Balaban J connectivity index is 1.59. The van der Waals surface area contributed by atoms with E-state index >= 15 is 4.57 Å². The highest BCUT2D eigenvalue weighted by Crippen LogP contribution is 2.58. The first-order chi connectivity index (χ1) is 18.6. The predicted molar refractivity (Wildman–Crippen MR) is 157 cm³/mol. The van der Waals surface area contributed by atoms with Gasteiger partial charge >= 0.3 is 0 Å². The fourth-order valence-corrected chi connectivity index (χ4v) is 9.10. The summed E-state index contributed by atoms with van der Waals surface area (Å²) < 4.78 is 15.6. The van der Waals surface area contributed by atoms with Crippen molar-refractivity contribution in [3.8, 4) is 11.1 Å². The molecule has 0 saturated carbocycles. The standard InChI is InChI=1S/C34H28NO2P/c1-35-31-20-12-11-19-30(31)32(27-23-21-26(22-24-27)25-13-5-2-6-14-25)33(34(35)36)38(37,28-15-7-3-8-16-28)29-17-9-4-10-18-29/h2-24,32-33H,1H3/t32-,33+/m1/s1. The highest BCUT2D eigenvalue weighted by Gasteiger charge is 2.51. The molecule has 6 rings (SSSR count). The second kappa shape index (κ2) is 9.93.